The van der Waals surface area contributed by atoms with E-state index in [-0.39, 0.29) is 11.2 Å². The molecule has 4 N–H and O–H groups in total. The maximum absolute atomic E-state index is 10.9. The molecule has 0 radical (unpaired) electrons. The first-order valence-corrected chi connectivity index (χ1v) is 5.21. The number of thioether (sulfide) groups is 1. The van der Waals surface area contributed by atoms with Crippen LogP contribution in [0, 0.1) is 6.92 Å². The molecule has 76 valence electrons. The standard InChI is InChI=1S/C10H14N2OS/c1-6-3-4-8(11)5-9(6)14-7(2)10(12)13/h3-5,7H,11H2,1-2H3,(H2,12,13). The quantitative estimate of drug-likeness (QED) is 0.587. The van der Waals surface area contributed by atoms with Crippen molar-refractivity contribution in [3.05, 3.63) is 23.8 Å². The minimum Gasteiger partial charge on any atom is -0.399 e. The minimum absolute atomic E-state index is 0.226. The van der Waals surface area contributed by atoms with Gasteiger partial charge in [-0.3, -0.25) is 4.79 Å². The highest BCUT2D eigenvalue weighted by molar-refractivity contribution is 8.00. The smallest absolute Gasteiger partial charge is 0.230 e. The molecule has 0 aliphatic carbocycles. The van der Waals surface area contributed by atoms with Gasteiger partial charge >= 0.3 is 0 Å². The van der Waals surface area contributed by atoms with Crippen LogP contribution in [0.15, 0.2) is 23.1 Å². The van der Waals surface area contributed by atoms with Crippen molar-refractivity contribution in [2.45, 2.75) is 24.0 Å². The number of hydrogen-bond acceptors (Lipinski definition) is 3. The van der Waals surface area contributed by atoms with Crippen LogP contribution < -0.4 is 11.5 Å². The number of carbonyl (C=O) groups is 1. The number of anilines is 1. The molecule has 0 spiro atoms. The SMILES string of the molecule is Cc1ccc(N)cc1SC(C)C(N)=O. The first-order valence-electron chi connectivity index (χ1n) is 4.33. The van der Waals surface area contributed by atoms with Gasteiger partial charge in [-0.25, -0.2) is 0 Å². The molecule has 3 nitrogen and oxygen atoms in total. The molecule has 0 fully saturated rings. The van der Waals surface area contributed by atoms with Crippen LogP contribution in [0.2, 0.25) is 0 Å². The van der Waals surface area contributed by atoms with Gasteiger partial charge in [0.05, 0.1) is 5.25 Å². The molecule has 1 aromatic carbocycles. The number of aryl methyl sites for hydroxylation is 1. The summed E-state index contributed by atoms with van der Waals surface area (Å²) in [7, 11) is 0. The first-order chi connectivity index (χ1) is 6.50. The second-order valence-corrected chi connectivity index (χ2v) is 4.57. The van der Waals surface area contributed by atoms with E-state index in [1.807, 2.05) is 25.1 Å². The third-order valence-corrected chi connectivity index (χ3v) is 3.20. The summed E-state index contributed by atoms with van der Waals surface area (Å²) in [5, 5.41) is -0.226. The van der Waals surface area contributed by atoms with Crippen LogP contribution in [0.25, 0.3) is 0 Å². The molecule has 0 bridgehead atoms. The lowest BCUT2D eigenvalue weighted by atomic mass is 10.2. The van der Waals surface area contributed by atoms with E-state index < -0.39 is 0 Å². The van der Waals surface area contributed by atoms with Crippen molar-refractivity contribution in [2.75, 3.05) is 5.73 Å². The second kappa shape index (κ2) is 4.37. The van der Waals surface area contributed by atoms with Crippen LogP contribution in [0.5, 0.6) is 0 Å². The fraction of sp³-hybridized carbons (Fsp3) is 0.300. The van der Waals surface area contributed by atoms with Crippen LogP contribution in [-0.2, 0) is 4.79 Å². The molecule has 0 saturated carbocycles. The van der Waals surface area contributed by atoms with Crippen LogP contribution in [0.3, 0.4) is 0 Å². The Hall–Kier alpha value is -1.16. The Morgan fingerprint density at radius 2 is 2.14 bits per heavy atom. The zero-order valence-corrected chi connectivity index (χ0v) is 9.10. The molecule has 0 aliphatic rings. The molecule has 1 atom stereocenters. The van der Waals surface area contributed by atoms with Gasteiger partial charge in [-0.15, -0.1) is 11.8 Å². The predicted molar refractivity (Wildman–Crippen MR) is 60.1 cm³/mol. The molecule has 0 aliphatic heterocycles. The molecular formula is C10H14N2OS. The van der Waals surface area contributed by atoms with E-state index in [0.717, 1.165) is 10.5 Å². The third kappa shape index (κ3) is 2.67. The molecule has 1 rings (SSSR count). The summed E-state index contributed by atoms with van der Waals surface area (Å²) in [6.07, 6.45) is 0. The van der Waals surface area contributed by atoms with Gasteiger partial charge in [0.2, 0.25) is 5.91 Å². The largest absolute Gasteiger partial charge is 0.399 e. The van der Waals surface area contributed by atoms with E-state index in [1.165, 1.54) is 11.8 Å². The van der Waals surface area contributed by atoms with Gasteiger partial charge in [-0.05, 0) is 31.5 Å². The van der Waals surface area contributed by atoms with E-state index in [1.54, 1.807) is 6.92 Å². The Bertz CT molecular complexity index is 352. The fourth-order valence-electron chi connectivity index (χ4n) is 0.992. The van der Waals surface area contributed by atoms with Crippen LogP contribution in [-0.4, -0.2) is 11.2 Å². The van der Waals surface area contributed by atoms with E-state index >= 15 is 0 Å². The summed E-state index contributed by atoms with van der Waals surface area (Å²) in [4.78, 5) is 11.9. The molecule has 14 heavy (non-hydrogen) atoms. The normalized spacial score (nSPS) is 12.4. The van der Waals surface area contributed by atoms with Crippen molar-refractivity contribution in [1.29, 1.82) is 0 Å². The first kappa shape index (κ1) is 10.9. The highest BCUT2D eigenvalue weighted by Crippen LogP contribution is 2.27. The molecule has 1 amide bonds. The van der Waals surface area contributed by atoms with Crippen molar-refractivity contribution in [2.24, 2.45) is 5.73 Å². The summed E-state index contributed by atoms with van der Waals surface area (Å²) in [6, 6.07) is 5.64. The predicted octanol–water partition coefficient (Wildman–Crippen LogP) is 1.54. The topological polar surface area (TPSA) is 69.1 Å². The second-order valence-electron chi connectivity index (χ2n) is 3.19. The Morgan fingerprint density at radius 3 is 2.71 bits per heavy atom. The Kier molecular flexibility index (Phi) is 3.41. The van der Waals surface area contributed by atoms with Gasteiger partial charge in [-0.1, -0.05) is 6.07 Å². The lowest BCUT2D eigenvalue weighted by Gasteiger charge is -2.10. The van der Waals surface area contributed by atoms with Crippen molar-refractivity contribution < 1.29 is 4.79 Å². The third-order valence-electron chi connectivity index (χ3n) is 1.92. The maximum Gasteiger partial charge on any atom is 0.230 e. The van der Waals surface area contributed by atoms with E-state index in [2.05, 4.69) is 0 Å². The zero-order valence-electron chi connectivity index (χ0n) is 8.28. The van der Waals surface area contributed by atoms with Crippen LogP contribution >= 0.6 is 11.8 Å². The number of benzene rings is 1. The molecule has 4 heteroatoms. The molecule has 0 heterocycles. The Labute approximate surface area is 87.9 Å². The average molecular weight is 210 g/mol. The van der Waals surface area contributed by atoms with E-state index in [4.69, 9.17) is 11.5 Å². The highest BCUT2D eigenvalue weighted by atomic mass is 32.2. The number of carbonyl (C=O) groups excluding carboxylic acids is 1. The van der Waals surface area contributed by atoms with Crippen molar-refractivity contribution in [3.63, 3.8) is 0 Å². The number of hydrogen-bond donors (Lipinski definition) is 2. The minimum atomic E-state index is -0.308. The summed E-state index contributed by atoms with van der Waals surface area (Å²) in [5.74, 6) is -0.308. The van der Waals surface area contributed by atoms with E-state index in [9.17, 15) is 4.79 Å². The van der Waals surface area contributed by atoms with Crippen molar-refractivity contribution in [3.8, 4) is 0 Å². The number of nitrogen functional groups attached to an aromatic ring is 1. The molecule has 1 unspecified atom stereocenters. The zero-order chi connectivity index (χ0) is 10.7. The van der Waals surface area contributed by atoms with Gasteiger partial charge in [0, 0.05) is 10.6 Å². The number of nitrogens with two attached hydrogens (primary N) is 2. The van der Waals surface area contributed by atoms with Gasteiger partial charge < -0.3 is 11.5 Å². The van der Waals surface area contributed by atoms with Gasteiger partial charge in [0.25, 0.3) is 0 Å². The Balaban J connectivity index is 2.85. The summed E-state index contributed by atoms with van der Waals surface area (Å²) in [6.45, 7) is 3.77. The molecular weight excluding hydrogens is 196 g/mol. The number of primary amides is 1. The van der Waals surface area contributed by atoms with Crippen LogP contribution in [0.1, 0.15) is 12.5 Å². The lowest BCUT2D eigenvalue weighted by molar-refractivity contribution is -0.117. The summed E-state index contributed by atoms with van der Waals surface area (Å²) >= 11 is 1.44. The maximum atomic E-state index is 10.9. The molecule has 0 saturated heterocycles. The lowest BCUT2D eigenvalue weighted by Crippen LogP contribution is -2.22. The average Bonchev–Trinajstić information content (AvgIpc) is 2.11. The highest BCUT2D eigenvalue weighted by Gasteiger charge is 2.11. The monoisotopic (exact) mass is 210 g/mol. The molecule has 1 aromatic rings. The summed E-state index contributed by atoms with van der Waals surface area (Å²) < 4.78 is 0. The van der Waals surface area contributed by atoms with Gasteiger partial charge in [0.1, 0.15) is 0 Å². The van der Waals surface area contributed by atoms with Crippen LogP contribution in [0.4, 0.5) is 5.69 Å². The number of rotatable bonds is 3. The van der Waals surface area contributed by atoms with E-state index in [0.29, 0.717) is 5.69 Å². The number of amides is 1. The molecule has 0 aromatic heterocycles. The van der Waals surface area contributed by atoms with Gasteiger partial charge in [-0.2, -0.15) is 0 Å². The Morgan fingerprint density at radius 1 is 1.50 bits per heavy atom. The van der Waals surface area contributed by atoms with Crippen molar-refractivity contribution in [1.82, 2.24) is 0 Å². The van der Waals surface area contributed by atoms with Gasteiger partial charge in [0.15, 0.2) is 0 Å². The fourth-order valence-corrected chi connectivity index (χ4v) is 1.95. The summed E-state index contributed by atoms with van der Waals surface area (Å²) in [5.41, 5.74) is 12.6. The van der Waals surface area contributed by atoms with Crippen molar-refractivity contribution >= 4 is 23.4 Å².